The van der Waals surface area contributed by atoms with Crippen molar-refractivity contribution in [3.05, 3.63) is 71.2 Å². The fraction of sp³-hybridized carbons (Fsp3) is 0.320. The Bertz CT molecular complexity index is 1030. The highest BCUT2D eigenvalue weighted by Crippen LogP contribution is 2.29. The highest BCUT2D eigenvalue weighted by molar-refractivity contribution is 6.30. The summed E-state index contributed by atoms with van der Waals surface area (Å²) < 4.78 is 0. The van der Waals surface area contributed by atoms with E-state index >= 15 is 0 Å². The van der Waals surface area contributed by atoms with Crippen LogP contribution in [0.5, 0.6) is 0 Å². The normalized spacial score (nSPS) is 18.2. The SMILES string of the molecule is NC(=O)C1CCC(CNc2nc(NCc3ccccc3)cc(-c3ccc(Cl)cc3)n2)CC1. The number of carbonyl (C=O) groups is 1. The standard InChI is InChI=1S/C25H28ClN5O/c26-21-12-10-19(11-13-21)22-14-23(28-15-17-4-2-1-3-5-17)31-25(30-22)29-16-18-6-8-20(9-7-18)24(27)32/h1-5,10-14,18,20H,6-9,15-16H2,(H2,27,32)(H2,28,29,30,31). The lowest BCUT2D eigenvalue weighted by Gasteiger charge is -2.26. The number of nitrogens with two attached hydrogens (primary N) is 1. The van der Waals surface area contributed by atoms with Gasteiger partial charge in [0, 0.05) is 35.7 Å². The van der Waals surface area contributed by atoms with Crippen LogP contribution in [0.1, 0.15) is 31.2 Å². The van der Waals surface area contributed by atoms with Gasteiger partial charge in [0.2, 0.25) is 11.9 Å². The second-order valence-corrected chi connectivity index (χ2v) is 8.75. The molecule has 0 unspecified atom stereocenters. The summed E-state index contributed by atoms with van der Waals surface area (Å²) in [6.45, 7) is 1.45. The molecule has 1 saturated carbocycles. The third-order valence-electron chi connectivity index (χ3n) is 5.98. The van der Waals surface area contributed by atoms with E-state index in [1.807, 2.05) is 48.5 Å². The monoisotopic (exact) mass is 449 g/mol. The van der Waals surface area contributed by atoms with Crippen LogP contribution in [-0.4, -0.2) is 22.4 Å². The lowest BCUT2D eigenvalue weighted by molar-refractivity contribution is -0.122. The first kappa shape index (κ1) is 22.1. The maximum atomic E-state index is 11.4. The molecule has 1 heterocycles. The molecule has 2 aromatic carbocycles. The van der Waals surface area contributed by atoms with E-state index in [1.165, 1.54) is 5.56 Å². The molecule has 166 valence electrons. The summed E-state index contributed by atoms with van der Waals surface area (Å²) in [6, 6.07) is 19.8. The number of anilines is 2. The van der Waals surface area contributed by atoms with Gasteiger partial charge in [-0.25, -0.2) is 4.98 Å². The predicted octanol–water partition coefficient (Wildman–Crippen LogP) is 5.11. The number of rotatable bonds is 8. The molecule has 1 fully saturated rings. The van der Waals surface area contributed by atoms with E-state index in [0.29, 0.717) is 23.4 Å². The molecule has 0 aliphatic heterocycles. The van der Waals surface area contributed by atoms with E-state index in [-0.39, 0.29) is 11.8 Å². The Morgan fingerprint density at radius 2 is 1.69 bits per heavy atom. The fourth-order valence-electron chi connectivity index (χ4n) is 4.06. The van der Waals surface area contributed by atoms with Gasteiger partial charge >= 0.3 is 0 Å². The highest BCUT2D eigenvalue weighted by Gasteiger charge is 2.24. The average molecular weight is 450 g/mol. The van der Waals surface area contributed by atoms with Crippen molar-refractivity contribution in [1.82, 2.24) is 9.97 Å². The van der Waals surface area contributed by atoms with Gasteiger partial charge in [0.25, 0.3) is 0 Å². The third kappa shape index (κ3) is 5.98. The molecular weight excluding hydrogens is 422 g/mol. The van der Waals surface area contributed by atoms with Gasteiger partial charge in [-0.15, -0.1) is 0 Å². The van der Waals surface area contributed by atoms with E-state index in [2.05, 4.69) is 27.8 Å². The lowest BCUT2D eigenvalue weighted by atomic mass is 9.82. The van der Waals surface area contributed by atoms with Crippen molar-refractivity contribution in [1.29, 1.82) is 0 Å². The van der Waals surface area contributed by atoms with Gasteiger partial charge in [-0.3, -0.25) is 4.79 Å². The molecule has 0 saturated heterocycles. The minimum absolute atomic E-state index is 0.0181. The Morgan fingerprint density at radius 3 is 2.38 bits per heavy atom. The van der Waals surface area contributed by atoms with Crippen molar-refractivity contribution in [2.24, 2.45) is 17.6 Å². The van der Waals surface area contributed by atoms with Gasteiger partial charge < -0.3 is 16.4 Å². The Morgan fingerprint density at radius 1 is 0.969 bits per heavy atom. The summed E-state index contributed by atoms with van der Waals surface area (Å²) in [5.74, 6) is 1.67. The van der Waals surface area contributed by atoms with E-state index in [4.69, 9.17) is 22.3 Å². The highest BCUT2D eigenvalue weighted by atomic mass is 35.5. The number of aromatic nitrogens is 2. The first-order chi connectivity index (χ1) is 15.6. The molecule has 7 heteroatoms. The van der Waals surface area contributed by atoms with Crippen LogP contribution in [0.2, 0.25) is 5.02 Å². The van der Waals surface area contributed by atoms with Crippen LogP contribution in [0.15, 0.2) is 60.7 Å². The molecule has 32 heavy (non-hydrogen) atoms. The third-order valence-corrected chi connectivity index (χ3v) is 6.23. The van der Waals surface area contributed by atoms with Crippen molar-refractivity contribution < 1.29 is 4.79 Å². The number of primary amides is 1. The van der Waals surface area contributed by atoms with E-state index in [0.717, 1.165) is 49.3 Å². The zero-order chi connectivity index (χ0) is 22.3. The number of nitrogens with zero attached hydrogens (tertiary/aromatic N) is 2. The Hall–Kier alpha value is -3.12. The van der Waals surface area contributed by atoms with Crippen LogP contribution >= 0.6 is 11.6 Å². The van der Waals surface area contributed by atoms with Crippen molar-refractivity contribution >= 4 is 29.3 Å². The average Bonchev–Trinajstić information content (AvgIpc) is 2.83. The molecule has 1 aliphatic rings. The number of carbonyl (C=O) groups excluding carboxylic acids is 1. The minimum atomic E-state index is -0.176. The zero-order valence-corrected chi connectivity index (χ0v) is 18.7. The van der Waals surface area contributed by atoms with Crippen molar-refractivity contribution in [2.75, 3.05) is 17.2 Å². The summed E-state index contributed by atoms with van der Waals surface area (Å²) in [4.78, 5) is 20.8. The number of nitrogens with one attached hydrogen (secondary N) is 2. The molecule has 0 spiro atoms. The van der Waals surface area contributed by atoms with Crippen LogP contribution in [0.3, 0.4) is 0 Å². The number of halogens is 1. The summed E-state index contributed by atoms with van der Waals surface area (Å²) in [7, 11) is 0. The predicted molar refractivity (Wildman–Crippen MR) is 129 cm³/mol. The number of benzene rings is 2. The van der Waals surface area contributed by atoms with Gasteiger partial charge in [0.1, 0.15) is 5.82 Å². The molecule has 1 aromatic heterocycles. The van der Waals surface area contributed by atoms with Gasteiger partial charge in [-0.2, -0.15) is 4.98 Å². The van der Waals surface area contributed by atoms with E-state index < -0.39 is 0 Å². The number of hydrogen-bond donors (Lipinski definition) is 3. The molecule has 0 radical (unpaired) electrons. The smallest absolute Gasteiger partial charge is 0.225 e. The zero-order valence-electron chi connectivity index (χ0n) is 17.9. The summed E-state index contributed by atoms with van der Waals surface area (Å²) in [5, 5.41) is 7.51. The molecule has 0 bridgehead atoms. The summed E-state index contributed by atoms with van der Waals surface area (Å²) >= 11 is 6.06. The maximum absolute atomic E-state index is 11.4. The number of hydrogen-bond acceptors (Lipinski definition) is 5. The van der Waals surface area contributed by atoms with Gasteiger partial charge in [0.15, 0.2) is 0 Å². The van der Waals surface area contributed by atoms with Crippen molar-refractivity contribution in [2.45, 2.75) is 32.2 Å². The lowest BCUT2D eigenvalue weighted by Crippen LogP contribution is -2.29. The van der Waals surface area contributed by atoms with E-state index in [9.17, 15) is 4.79 Å². The Labute approximate surface area is 193 Å². The molecule has 1 aliphatic carbocycles. The van der Waals surface area contributed by atoms with Crippen LogP contribution in [0, 0.1) is 11.8 Å². The largest absolute Gasteiger partial charge is 0.369 e. The summed E-state index contributed by atoms with van der Waals surface area (Å²) in [6.07, 6.45) is 3.68. The van der Waals surface area contributed by atoms with Crippen molar-refractivity contribution in [3.63, 3.8) is 0 Å². The van der Waals surface area contributed by atoms with Crippen LogP contribution < -0.4 is 16.4 Å². The van der Waals surface area contributed by atoms with Gasteiger partial charge in [0.05, 0.1) is 5.69 Å². The van der Waals surface area contributed by atoms with E-state index in [1.54, 1.807) is 0 Å². The molecule has 0 atom stereocenters. The van der Waals surface area contributed by atoms with Crippen molar-refractivity contribution in [3.8, 4) is 11.3 Å². The fourth-order valence-corrected chi connectivity index (χ4v) is 4.19. The van der Waals surface area contributed by atoms with Gasteiger partial charge in [-0.05, 0) is 49.3 Å². The molecule has 4 N–H and O–H groups in total. The van der Waals surface area contributed by atoms with Crippen LogP contribution in [0.25, 0.3) is 11.3 Å². The second-order valence-electron chi connectivity index (χ2n) is 8.31. The first-order valence-corrected chi connectivity index (χ1v) is 11.4. The summed E-state index contributed by atoms with van der Waals surface area (Å²) in [5.41, 5.74) is 8.44. The van der Waals surface area contributed by atoms with Gasteiger partial charge in [-0.1, -0.05) is 54.1 Å². The Balaban J connectivity index is 1.48. The second kappa shape index (κ2) is 10.5. The maximum Gasteiger partial charge on any atom is 0.225 e. The Kier molecular flexibility index (Phi) is 7.22. The number of amides is 1. The molecule has 6 nitrogen and oxygen atoms in total. The molecular formula is C25H28ClN5O. The molecule has 4 rings (SSSR count). The molecule has 3 aromatic rings. The van der Waals surface area contributed by atoms with Crippen LogP contribution in [-0.2, 0) is 11.3 Å². The minimum Gasteiger partial charge on any atom is -0.369 e. The van der Waals surface area contributed by atoms with Crippen LogP contribution in [0.4, 0.5) is 11.8 Å². The molecule has 1 amide bonds. The first-order valence-electron chi connectivity index (χ1n) is 11.0. The topological polar surface area (TPSA) is 92.9 Å². The quantitative estimate of drug-likeness (QED) is 0.444.